The van der Waals surface area contributed by atoms with Gasteiger partial charge in [0.05, 0.1) is 12.8 Å². The van der Waals surface area contributed by atoms with Crippen LogP contribution in [-0.2, 0) is 0 Å². The van der Waals surface area contributed by atoms with Crippen molar-refractivity contribution in [3.8, 4) is 5.75 Å². The number of halogens is 1. The maximum absolute atomic E-state index is 12.5. The summed E-state index contributed by atoms with van der Waals surface area (Å²) in [6, 6.07) is 16.1. The molecule has 3 rings (SSSR count). The first-order valence-corrected chi connectivity index (χ1v) is 8.37. The van der Waals surface area contributed by atoms with E-state index in [4.69, 9.17) is 16.3 Å². The zero-order valence-corrected chi connectivity index (χ0v) is 15.2. The largest absolute Gasteiger partial charge is 0.495 e. The number of hydrogen-bond acceptors (Lipinski definition) is 4. The van der Waals surface area contributed by atoms with E-state index in [0.717, 1.165) is 11.3 Å². The molecule has 0 saturated heterocycles. The van der Waals surface area contributed by atoms with Gasteiger partial charge in [0, 0.05) is 22.5 Å². The molecule has 0 spiro atoms. The number of nitrogens with zero attached hydrogens (tertiary/aromatic N) is 1. The minimum atomic E-state index is -0.228. The van der Waals surface area contributed by atoms with Crippen molar-refractivity contribution in [2.24, 2.45) is 0 Å². The highest BCUT2D eigenvalue weighted by atomic mass is 35.5. The summed E-state index contributed by atoms with van der Waals surface area (Å²) in [5.74, 6) is 1.03. The van der Waals surface area contributed by atoms with Crippen molar-refractivity contribution < 1.29 is 9.53 Å². The van der Waals surface area contributed by atoms with E-state index in [0.29, 0.717) is 27.8 Å². The number of aromatic nitrogens is 1. The van der Waals surface area contributed by atoms with Gasteiger partial charge in [-0.25, -0.2) is 4.98 Å². The Balaban J connectivity index is 1.79. The number of anilines is 3. The Morgan fingerprint density at radius 3 is 2.58 bits per heavy atom. The van der Waals surface area contributed by atoms with Gasteiger partial charge in [-0.3, -0.25) is 4.79 Å². The molecular formula is C20H18ClN3O2. The molecule has 0 fully saturated rings. The van der Waals surface area contributed by atoms with Crippen molar-refractivity contribution in [2.45, 2.75) is 6.92 Å². The van der Waals surface area contributed by atoms with Crippen molar-refractivity contribution in [2.75, 3.05) is 17.7 Å². The lowest BCUT2D eigenvalue weighted by Crippen LogP contribution is -2.12. The van der Waals surface area contributed by atoms with Crippen molar-refractivity contribution in [1.82, 2.24) is 4.98 Å². The molecule has 0 atom stereocenters. The zero-order valence-electron chi connectivity index (χ0n) is 14.4. The Morgan fingerprint density at radius 1 is 1.08 bits per heavy atom. The number of pyridine rings is 1. The van der Waals surface area contributed by atoms with E-state index in [-0.39, 0.29) is 5.91 Å². The van der Waals surface area contributed by atoms with Gasteiger partial charge in [-0.05, 0) is 61.0 Å². The maximum Gasteiger partial charge on any atom is 0.255 e. The van der Waals surface area contributed by atoms with Crippen LogP contribution in [0, 0.1) is 6.92 Å². The number of carbonyl (C=O) groups excluding carboxylic acids is 1. The van der Waals surface area contributed by atoms with E-state index in [1.807, 2.05) is 25.1 Å². The number of methoxy groups -OCH3 is 1. The van der Waals surface area contributed by atoms with E-state index in [2.05, 4.69) is 15.6 Å². The van der Waals surface area contributed by atoms with Crippen LogP contribution in [0.2, 0.25) is 5.02 Å². The molecule has 1 heterocycles. The first-order valence-electron chi connectivity index (χ1n) is 8.00. The summed E-state index contributed by atoms with van der Waals surface area (Å²) in [5.41, 5.74) is 3.04. The first kappa shape index (κ1) is 17.8. The van der Waals surface area contributed by atoms with E-state index < -0.39 is 0 Å². The molecule has 1 amide bonds. The van der Waals surface area contributed by atoms with Crippen LogP contribution in [0.3, 0.4) is 0 Å². The number of nitrogens with one attached hydrogen (secondary N) is 2. The lowest BCUT2D eigenvalue weighted by Gasteiger charge is -2.12. The number of hydrogen-bond donors (Lipinski definition) is 2. The molecule has 0 radical (unpaired) electrons. The maximum atomic E-state index is 12.5. The molecule has 0 aliphatic heterocycles. The highest BCUT2D eigenvalue weighted by Gasteiger charge is 2.09. The molecule has 0 unspecified atom stereocenters. The third kappa shape index (κ3) is 4.32. The smallest absolute Gasteiger partial charge is 0.255 e. The van der Waals surface area contributed by atoms with Crippen molar-refractivity contribution >= 4 is 34.7 Å². The fourth-order valence-corrected chi connectivity index (χ4v) is 2.56. The predicted octanol–water partition coefficient (Wildman–Crippen LogP) is 5.05. The highest BCUT2D eigenvalue weighted by Crippen LogP contribution is 2.28. The highest BCUT2D eigenvalue weighted by molar-refractivity contribution is 6.30. The molecule has 1 aromatic heterocycles. The Hall–Kier alpha value is -3.05. The van der Waals surface area contributed by atoms with Crippen LogP contribution in [0.25, 0.3) is 0 Å². The summed E-state index contributed by atoms with van der Waals surface area (Å²) in [7, 11) is 1.61. The van der Waals surface area contributed by atoms with E-state index in [9.17, 15) is 4.79 Å². The summed E-state index contributed by atoms with van der Waals surface area (Å²) in [5, 5.41) is 6.64. The number of amides is 1. The molecule has 132 valence electrons. The van der Waals surface area contributed by atoms with Crippen LogP contribution in [0.4, 0.5) is 17.2 Å². The number of benzene rings is 2. The van der Waals surface area contributed by atoms with Gasteiger partial charge < -0.3 is 15.4 Å². The SMILES string of the molecule is COc1ccc(C)cc1Nc1cc(C(=O)Nc2ccc(Cl)cc2)ccn1. The molecule has 3 aromatic rings. The van der Waals surface area contributed by atoms with Gasteiger partial charge in [0.25, 0.3) is 5.91 Å². The normalized spacial score (nSPS) is 10.3. The lowest BCUT2D eigenvalue weighted by molar-refractivity contribution is 0.102. The zero-order chi connectivity index (χ0) is 18.5. The van der Waals surface area contributed by atoms with E-state index in [1.165, 1.54) is 0 Å². The fourth-order valence-electron chi connectivity index (χ4n) is 2.43. The fraction of sp³-hybridized carbons (Fsp3) is 0.100. The van der Waals surface area contributed by atoms with E-state index in [1.54, 1.807) is 49.7 Å². The molecule has 0 saturated carbocycles. The number of aryl methyl sites for hydroxylation is 1. The van der Waals surface area contributed by atoms with Crippen LogP contribution in [0.1, 0.15) is 15.9 Å². The van der Waals surface area contributed by atoms with E-state index >= 15 is 0 Å². The molecule has 0 aliphatic carbocycles. The Bertz CT molecular complexity index is 927. The monoisotopic (exact) mass is 367 g/mol. The molecule has 6 heteroatoms. The standard InChI is InChI=1S/C20H18ClN3O2/c1-13-3-8-18(26-2)17(11-13)24-19-12-14(9-10-22-19)20(25)23-16-6-4-15(21)5-7-16/h3-12H,1-2H3,(H,22,24)(H,23,25). The second-order valence-electron chi connectivity index (χ2n) is 5.72. The van der Waals surface area contributed by atoms with Gasteiger partial charge in [0.2, 0.25) is 0 Å². The molecular weight excluding hydrogens is 350 g/mol. The Labute approximate surface area is 157 Å². The van der Waals surface area contributed by atoms with Crippen LogP contribution < -0.4 is 15.4 Å². The van der Waals surface area contributed by atoms with Gasteiger partial charge >= 0.3 is 0 Å². The van der Waals surface area contributed by atoms with Crippen LogP contribution in [0.15, 0.2) is 60.8 Å². The third-order valence-electron chi connectivity index (χ3n) is 3.74. The van der Waals surface area contributed by atoms with Gasteiger partial charge in [0.15, 0.2) is 0 Å². The summed E-state index contributed by atoms with van der Waals surface area (Å²) < 4.78 is 5.36. The quantitative estimate of drug-likeness (QED) is 0.662. The van der Waals surface area contributed by atoms with Crippen molar-refractivity contribution in [3.63, 3.8) is 0 Å². The average molecular weight is 368 g/mol. The Morgan fingerprint density at radius 2 is 1.85 bits per heavy atom. The second-order valence-corrected chi connectivity index (χ2v) is 6.16. The minimum absolute atomic E-state index is 0.228. The number of ether oxygens (including phenoxy) is 1. The van der Waals surface area contributed by atoms with Gasteiger partial charge in [0.1, 0.15) is 11.6 Å². The van der Waals surface area contributed by atoms with Crippen LogP contribution in [0.5, 0.6) is 5.75 Å². The molecule has 26 heavy (non-hydrogen) atoms. The molecule has 2 N–H and O–H groups in total. The van der Waals surface area contributed by atoms with Gasteiger partial charge in [-0.1, -0.05) is 17.7 Å². The molecule has 0 bridgehead atoms. The summed E-state index contributed by atoms with van der Waals surface area (Å²) in [6.07, 6.45) is 1.58. The van der Waals surface area contributed by atoms with Gasteiger partial charge in [-0.15, -0.1) is 0 Å². The summed E-state index contributed by atoms with van der Waals surface area (Å²) >= 11 is 5.86. The topological polar surface area (TPSA) is 63.2 Å². The van der Waals surface area contributed by atoms with Crippen molar-refractivity contribution in [3.05, 3.63) is 76.9 Å². The van der Waals surface area contributed by atoms with Crippen molar-refractivity contribution in [1.29, 1.82) is 0 Å². The number of carbonyl (C=O) groups is 1. The molecule has 2 aromatic carbocycles. The average Bonchev–Trinajstić information content (AvgIpc) is 2.64. The first-order chi connectivity index (χ1) is 12.5. The molecule has 0 aliphatic rings. The number of rotatable bonds is 5. The predicted molar refractivity (Wildman–Crippen MR) is 105 cm³/mol. The van der Waals surface area contributed by atoms with Crippen LogP contribution >= 0.6 is 11.6 Å². The van der Waals surface area contributed by atoms with Gasteiger partial charge in [-0.2, -0.15) is 0 Å². The second kappa shape index (κ2) is 7.89. The lowest BCUT2D eigenvalue weighted by atomic mass is 10.2. The third-order valence-corrected chi connectivity index (χ3v) is 3.99. The van der Waals surface area contributed by atoms with Crippen LogP contribution in [-0.4, -0.2) is 18.0 Å². The summed E-state index contributed by atoms with van der Waals surface area (Å²) in [4.78, 5) is 16.7. The Kier molecular flexibility index (Phi) is 5.39. The summed E-state index contributed by atoms with van der Waals surface area (Å²) in [6.45, 7) is 1.99. The molecule has 5 nitrogen and oxygen atoms in total. The minimum Gasteiger partial charge on any atom is -0.495 e.